The summed E-state index contributed by atoms with van der Waals surface area (Å²) >= 11 is 0. The number of hydrazine groups is 1. The van der Waals surface area contributed by atoms with Crippen molar-refractivity contribution in [3.05, 3.63) is 11.8 Å². The van der Waals surface area contributed by atoms with Gasteiger partial charge in [0.25, 0.3) is 0 Å². The van der Waals surface area contributed by atoms with Gasteiger partial charge in [-0.15, -0.1) is 0 Å². The monoisotopic (exact) mass is 182 g/mol. The van der Waals surface area contributed by atoms with Crippen molar-refractivity contribution in [2.75, 3.05) is 6.54 Å². The van der Waals surface area contributed by atoms with Crippen molar-refractivity contribution in [2.45, 2.75) is 6.92 Å². The fourth-order valence-electron chi connectivity index (χ4n) is 0.881. The normalized spacial score (nSPS) is 15.2. The summed E-state index contributed by atoms with van der Waals surface area (Å²) < 4.78 is 0. The molecule has 1 heterocycles. The Morgan fingerprint density at radius 2 is 2.38 bits per heavy atom. The highest BCUT2D eigenvalue weighted by atomic mass is 16.2. The second-order valence-electron chi connectivity index (χ2n) is 2.58. The lowest BCUT2D eigenvalue weighted by Crippen LogP contribution is -2.43. The molecule has 13 heavy (non-hydrogen) atoms. The molecule has 0 aromatic heterocycles. The third-order valence-electron chi connectivity index (χ3n) is 1.39. The quantitative estimate of drug-likeness (QED) is 0.559. The largest absolute Gasteiger partial charge is 0.366 e. The minimum absolute atomic E-state index is 0.225. The van der Waals surface area contributed by atoms with Gasteiger partial charge in [0.05, 0.1) is 12.1 Å². The van der Waals surface area contributed by atoms with Crippen LogP contribution in [0.2, 0.25) is 0 Å². The average molecular weight is 182 g/mol. The number of nitrogens with one attached hydrogen (secondary N) is 1. The van der Waals surface area contributed by atoms with Crippen LogP contribution in [-0.2, 0) is 9.59 Å². The molecule has 1 aliphatic heterocycles. The highest BCUT2D eigenvalue weighted by Gasteiger charge is 2.12. The minimum Gasteiger partial charge on any atom is -0.366 e. The number of primary amides is 1. The van der Waals surface area contributed by atoms with Crippen LogP contribution in [0, 0.1) is 0 Å². The summed E-state index contributed by atoms with van der Waals surface area (Å²) in [4.78, 5) is 25.1. The molecule has 0 aliphatic carbocycles. The van der Waals surface area contributed by atoms with Crippen LogP contribution < -0.4 is 11.2 Å². The van der Waals surface area contributed by atoms with Crippen LogP contribution in [0.3, 0.4) is 0 Å². The Morgan fingerprint density at radius 3 is 2.92 bits per heavy atom. The highest BCUT2D eigenvalue weighted by molar-refractivity contribution is 5.93. The molecule has 70 valence electrons. The van der Waals surface area contributed by atoms with E-state index in [9.17, 15) is 9.59 Å². The first-order valence-corrected chi connectivity index (χ1v) is 3.65. The standard InChI is InChI=1S/C7H10N4O2/c1-5(12)10-11-3-6(7(8)13)2-9-4-11/h2,4H,3H2,1H3,(H2,8,13)(H,10,12). The first kappa shape index (κ1) is 9.24. The van der Waals surface area contributed by atoms with E-state index in [0.717, 1.165) is 0 Å². The van der Waals surface area contributed by atoms with Gasteiger partial charge < -0.3 is 5.73 Å². The number of hydrogen-bond donors (Lipinski definition) is 2. The van der Waals surface area contributed by atoms with Crippen molar-refractivity contribution in [2.24, 2.45) is 10.7 Å². The zero-order chi connectivity index (χ0) is 9.84. The Balaban J connectivity index is 2.59. The fraction of sp³-hybridized carbons (Fsp3) is 0.286. The molecule has 0 saturated heterocycles. The van der Waals surface area contributed by atoms with Gasteiger partial charge in [-0.1, -0.05) is 0 Å². The number of nitrogens with zero attached hydrogens (tertiary/aromatic N) is 2. The molecule has 3 N–H and O–H groups in total. The lowest BCUT2D eigenvalue weighted by atomic mass is 10.2. The predicted octanol–water partition coefficient (Wildman–Crippen LogP) is -1.25. The van der Waals surface area contributed by atoms with Crippen LogP contribution in [0.15, 0.2) is 16.8 Å². The van der Waals surface area contributed by atoms with Gasteiger partial charge >= 0.3 is 0 Å². The van der Waals surface area contributed by atoms with Crippen molar-refractivity contribution >= 4 is 18.2 Å². The van der Waals surface area contributed by atoms with Gasteiger partial charge in [-0.3, -0.25) is 20.0 Å². The lowest BCUT2D eigenvalue weighted by Gasteiger charge is -2.21. The Labute approximate surface area is 75.1 Å². The van der Waals surface area contributed by atoms with Crippen LogP contribution in [0.5, 0.6) is 0 Å². The first-order chi connectivity index (χ1) is 6.09. The molecule has 1 rings (SSSR count). The molecule has 0 bridgehead atoms. The van der Waals surface area contributed by atoms with Gasteiger partial charge in [-0.05, 0) is 0 Å². The molecule has 0 aromatic carbocycles. The topological polar surface area (TPSA) is 87.8 Å². The van der Waals surface area contributed by atoms with E-state index in [1.807, 2.05) is 0 Å². The summed E-state index contributed by atoms with van der Waals surface area (Å²) in [6.45, 7) is 1.62. The van der Waals surface area contributed by atoms with E-state index in [4.69, 9.17) is 5.73 Å². The third kappa shape index (κ3) is 2.58. The predicted molar refractivity (Wildman–Crippen MR) is 46.3 cm³/mol. The molecule has 0 saturated carbocycles. The molecular weight excluding hydrogens is 172 g/mol. The molecule has 0 radical (unpaired) electrons. The van der Waals surface area contributed by atoms with Crippen LogP contribution in [0.1, 0.15) is 6.92 Å². The number of hydrogen-bond acceptors (Lipinski definition) is 4. The summed E-state index contributed by atoms with van der Waals surface area (Å²) in [6, 6.07) is 0. The molecule has 0 aromatic rings. The summed E-state index contributed by atoms with van der Waals surface area (Å²) in [6.07, 6.45) is 2.79. The number of aliphatic imine (C=N–C) groups is 1. The first-order valence-electron chi connectivity index (χ1n) is 3.65. The maximum Gasteiger partial charge on any atom is 0.248 e. The molecule has 0 spiro atoms. The van der Waals surface area contributed by atoms with Crippen LogP contribution in [0.25, 0.3) is 0 Å². The van der Waals surface area contributed by atoms with Crippen molar-refractivity contribution in [1.82, 2.24) is 10.4 Å². The minimum atomic E-state index is -0.535. The SMILES string of the molecule is CC(=O)NN1C=NC=C(C(N)=O)C1. The van der Waals surface area contributed by atoms with E-state index in [1.54, 1.807) is 0 Å². The van der Waals surface area contributed by atoms with Crippen molar-refractivity contribution in [3.63, 3.8) is 0 Å². The van der Waals surface area contributed by atoms with E-state index >= 15 is 0 Å². The van der Waals surface area contributed by atoms with Crippen molar-refractivity contribution in [1.29, 1.82) is 0 Å². The van der Waals surface area contributed by atoms with Crippen molar-refractivity contribution in [3.8, 4) is 0 Å². The van der Waals surface area contributed by atoms with Gasteiger partial charge in [-0.25, -0.2) is 4.99 Å². The zero-order valence-electron chi connectivity index (χ0n) is 7.15. The number of nitrogens with two attached hydrogens (primary N) is 1. The molecule has 2 amide bonds. The van der Waals surface area contributed by atoms with E-state index < -0.39 is 5.91 Å². The molecule has 6 heteroatoms. The van der Waals surface area contributed by atoms with Crippen LogP contribution in [-0.4, -0.2) is 29.7 Å². The Bertz CT molecular complexity index is 295. The van der Waals surface area contributed by atoms with E-state index in [2.05, 4.69) is 10.4 Å². The third-order valence-corrected chi connectivity index (χ3v) is 1.39. The van der Waals surface area contributed by atoms with Gasteiger partial charge in [0, 0.05) is 13.1 Å². The molecule has 0 fully saturated rings. The second-order valence-corrected chi connectivity index (χ2v) is 2.58. The summed E-state index contributed by atoms with van der Waals surface area (Å²) in [5, 5.41) is 1.39. The van der Waals surface area contributed by atoms with E-state index in [-0.39, 0.29) is 12.5 Å². The van der Waals surface area contributed by atoms with Crippen LogP contribution >= 0.6 is 0 Å². The maximum absolute atomic E-state index is 10.7. The van der Waals surface area contributed by atoms with Crippen molar-refractivity contribution < 1.29 is 9.59 Å². The summed E-state index contributed by atoms with van der Waals surface area (Å²) in [7, 11) is 0. The molecular formula is C7H10N4O2. The average Bonchev–Trinajstić information content (AvgIpc) is 2.03. The summed E-state index contributed by atoms with van der Waals surface area (Å²) in [5.74, 6) is -0.760. The fourth-order valence-corrected chi connectivity index (χ4v) is 0.881. The lowest BCUT2D eigenvalue weighted by molar-refractivity contribution is -0.122. The van der Waals surface area contributed by atoms with Gasteiger partial charge in [-0.2, -0.15) is 0 Å². The molecule has 6 nitrogen and oxygen atoms in total. The second kappa shape index (κ2) is 3.70. The molecule has 0 unspecified atom stereocenters. The highest BCUT2D eigenvalue weighted by Crippen LogP contribution is 2.00. The molecule has 0 atom stereocenters. The van der Waals surface area contributed by atoms with Gasteiger partial charge in [0.1, 0.15) is 6.34 Å². The maximum atomic E-state index is 10.7. The Hall–Kier alpha value is -1.85. The van der Waals surface area contributed by atoms with E-state index in [1.165, 1.54) is 24.5 Å². The summed E-state index contributed by atoms with van der Waals surface area (Å²) in [5.41, 5.74) is 7.86. The number of amides is 2. The number of rotatable bonds is 2. The van der Waals surface area contributed by atoms with E-state index in [0.29, 0.717) is 5.57 Å². The number of carbonyl (C=O) groups excluding carboxylic acids is 2. The Morgan fingerprint density at radius 1 is 1.69 bits per heavy atom. The van der Waals surface area contributed by atoms with Crippen LogP contribution in [0.4, 0.5) is 0 Å². The number of carbonyl (C=O) groups is 2. The van der Waals surface area contributed by atoms with Gasteiger partial charge in [0.2, 0.25) is 11.8 Å². The smallest absolute Gasteiger partial charge is 0.248 e. The molecule has 1 aliphatic rings. The van der Waals surface area contributed by atoms with Gasteiger partial charge in [0.15, 0.2) is 0 Å². The zero-order valence-corrected chi connectivity index (χ0v) is 7.15. The Kier molecular flexibility index (Phi) is 2.63.